The maximum absolute atomic E-state index is 10.8. The molecule has 3 rings (SSSR count). The number of thiazole rings is 1. The van der Waals surface area contributed by atoms with E-state index in [-0.39, 0.29) is 16.5 Å². The SMILES string of the molecule is CC(c1cccc([N+](=O)[O-])c1)c1nc(C2CCC2)cs1. The number of rotatable bonds is 4. The van der Waals surface area contributed by atoms with E-state index in [4.69, 9.17) is 4.98 Å². The van der Waals surface area contributed by atoms with E-state index < -0.39 is 0 Å². The lowest BCUT2D eigenvalue weighted by Crippen LogP contribution is -2.09. The van der Waals surface area contributed by atoms with Crippen LogP contribution in [0.3, 0.4) is 0 Å². The summed E-state index contributed by atoms with van der Waals surface area (Å²) in [7, 11) is 0. The molecule has 1 aromatic heterocycles. The quantitative estimate of drug-likeness (QED) is 0.616. The Labute approximate surface area is 121 Å². The summed E-state index contributed by atoms with van der Waals surface area (Å²) >= 11 is 1.66. The van der Waals surface area contributed by atoms with E-state index in [0.717, 1.165) is 10.6 Å². The zero-order valence-electron chi connectivity index (χ0n) is 11.3. The molecule has 1 aromatic carbocycles. The second-order valence-corrected chi connectivity index (χ2v) is 6.20. The van der Waals surface area contributed by atoms with Crippen molar-refractivity contribution < 1.29 is 4.92 Å². The molecular formula is C15H16N2O2S. The molecule has 0 N–H and O–H groups in total. The highest BCUT2D eigenvalue weighted by Gasteiger charge is 2.23. The van der Waals surface area contributed by atoms with Crippen LogP contribution in [-0.4, -0.2) is 9.91 Å². The average Bonchev–Trinajstić information content (AvgIpc) is 2.85. The molecule has 1 aliphatic carbocycles. The van der Waals surface area contributed by atoms with Crippen LogP contribution in [0.2, 0.25) is 0 Å². The number of aromatic nitrogens is 1. The Bertz CT molecular complexity index is 634. The lowest BCUT2D eigenvalue weighted by molar-refractivity contribution is -0.384. The second-order valence-electron chi connectivity index (χ2n) is 5.31. The van der Waals surface area contributed by atoms with Crippen molar-refractivity contribution >= 4 is 17.0 Å². The van der Waals surface area contributed by atoms with Gasteiger partial charge in [0, 0.05) is 29.3 Å². The van der Waals surface area contributed by atoms with Gasteiger partial charge in [-0.3, -0.25) is 10.1 Å². The molecule has 5 heteroatoms. The normalized spacial score (nSPS) is 16.6. The van der Waals surface area contributed by atoms with Gasteiger partial charge in [0.2, 0.25) is 0 Å². The van der Waals surface area contributed by atoms with E-state index in [9.17, 15) is 10.1 Å². The highest BCUT2D eigenvalue weighted by atomic mass is 32.1. The summed E-state index contributed by atoms with van der Waals surface area (Å²) in [6.45, 7) is 2.06. The van der Waals surface area contributed by atoms with Crippen molar-refractivity contribution in [2.24, 2.45) is 0 Å². The van der Waals surface area contributed by atoms with Gasteiger partial charge in [-0.15, -0.1) is 11.3 Å². The zero-order chi connectivity index (χ0) is 14.1. The first kappa shape index (κ1) is 13.2. The fraction of sp³-hybridized carbons (Fsp3) is 0.400. The summed E-state index contributed by atoms with van der Waals surface area (Å²) in [4.78, 5) is 15.2. The molecule has 1 unspecified atom stereocenters. The first-order valence-corrected chi connectivity index (χ1v) is 7.73. The predicted octanol–water partition coefficient (Wildman–Crippen LogP) is 4.47. The number of benzene rings is 1. The zero-order valence-corrected chi connectivity index (χ0v) is 12.1. The third kappa shape index (κ3) is 2.45. The van der Waals surface area contributed by atoms with Crippen LogP contribution in [0.25, 0.3) is 0 Å². The number of nitro benzene ring substituents is 1. The Morgan fingerprint density at radius 1 is 1.45 bits per heavy atom. The van der Waals surface area contributed by atoms with Crippen molar-refractivity contribution in [1.29, 1.82) is 0 Å². The molecular weight excluding hydrogens is 272 g/mol. The van der Waals surface area contributed by atoms with Gasteiger partial charge in [0.05, 0.1) is 10.6 Å². The van der Waals surface area contributed by atoms with Crippen LogP contribution in [0.15, 0.2) is 29.6 Å². The molecule has 20 heavy (non-hydrogen) atoms. The van der Waals surface area contributed by atoms with Gasteiger partial charge in [0.15, 0.2) is 0 Å². The highest BCUT2D eigenvalue weighted by molar-refractivity contribution is 7.09. The molecule has 0 amide bonds. The molecule has 1 saturated carbocycles. The molecule has 1 fully saturated rings. The third-order valence-electron chi connectivity index (χ3n) is 4.01. The number of non-ortho nitro benzene ring substituents is 1. The average molecular weight is 288 g/mol. The molecule has 1 atom stereocenters. The number of hydrogen-bond acceptors (Lipinski definition) is 4. The van der Waals surface area contributed by atoms with E-state index in [2.05, 4.69) is 12.3 Å². The summed E-state index contributed by atoms with van der Waals surface area (Å²) in [6.07, 6.45) is 3.79. The summed E-state index contributed by atoms with van der Waals surface area (Å²) in [6, 6.07) is 6.85. The minimum Gasteiger partial charge on any atom is -0.258 e. The molecule has 0 saturated heterocycles. The summed E-state index contributed by atoms with van der Waals surface area (Å²) in [5.74, 6) is 0.742. The third-order valence-corrected chi connectivity index (χ3v) is 5.06. The van der Waals surface area contributed by atoms with Crippen LogP contribution in [0.1, 0.15) is 54.3 Å². The van der Waals surface area contributed by atoms with Crippen LogP contribution in [0.5, 0.6) is 0 Å². The van der Waals surface area contributed by atoms with Gasteiger partial charge in [0.1, 0.15) is 5.01 Å². The molecule has 1 heterocycles. The summed E-state index contributed by atoms with van der Waals surface area (Å²) in [5, 5.41) is 14.0. The van der Waals surface area contributed by atoms with Crippen molar-refractivity contribution in [1.82, 2.24) is 4.98 Å². The van der Waals surface area contributed by atoms with Gasteiger partial charge in [-0.2, -0.15) is 0 Å². The second kappa shape index (κ2) is 5.32. The monoisotopic (exact) mass is 288 g/mol. The lowest BCUT2D eigenvalue weighted by atomic mass is 9.83. The topological polar surface area (TPSA) is 56.0 Å². The Morgan fingerprint density at radius 2 is 2.25 bits per heavy atom. The van der Waals surface area contributed by atoms with Gasteiger partial charge in [0.25, 0.3) is 5.69 Å². The Hall–Kier alpha value is -1.75. The largest absolute Gasteiger partial charge is 0.269 e. The van der Waals surface area contributed by atoms with Crippen LogP contribution in [0, 0.1) is 10.1 Å². The first-order chi connectivity index (χ1) is 9.65. The number of nitro groups is 1. The fourth-order valence-electron chi connectivity index (χ4n) is 2.44. The van der Waals surface area contributed by atoms with Gasteiger partial charge in [-0.05, 0) is 18.4 Å². The molecule has 1 aliphatic rings. The molecule has 0 radical (unpaired) electrons. The van der Waals surface area contributed by atoms with Crippen LogP contribution < -0.4 is 0 Å². The molecule has 0 bridgehead atoms. The minimum atomic E-state index is -0.349. The van der Waals surface area contributed by atoms with E-state index >= 15 is 0 Å². The smallest absolute Gasteiger partial charge is 0.258 e. The van der Waals surface area contributed by atoms with Crippen LogP contribution >= 0.6 is 11.3 Å². The molecule has 0 spiro atoms. The van der Waals surface area contributed by atoms with Crippen LogP contribution in [-0.2, 0) is 0 Å². The van der Waals surface area contributed by atoms with Crippen LogP contribution in [0.4, 0.5) is 5.69 Å². The van der Waals surface area contributed by atoms with Crippen molar-refractivity contribution in [2.75, 3.05) is 0 Å². The van der Waals surface area contributed by atoms with Gasteiger partial charge >= 0.3 is 0 Å². The maximum Gasteiger partial charge on any atom is 0.269 e. The molecule has 4 nitrogen and oxygen atoms in total. The summed E-state index contributed by atoms with van der Waals surface area (Å²) in [5.41, 5.74) is 2.30. The molecule has 104 valence electrons. The molecule has 2 aromatic rings. The van der Waals surface area contributed by atoms with Crippen molar-refractivity contribution in [2.45, 2.75) is 38.0 Å². The minimum absolute atomic E-state index is 0.105. The van der Waals surface area contributed by atoms with Crippen molar-refractivity contribution in [3.63, 3.8) is 0 Å². The number of nitrogens with zero attached hydrogens (tertiary/aromatic N) is 2. The lowest BCUT2D eigenvalue weighted by Gasteiger charge is -2.23. The maximum atomic E-state index is 10.8. The van der Waals surface area contributed by atoms with Gasteiger partial charge in [-0.25, -0.2) is 4.98 Å². The predicted molar refractivity (Wildman–Crippen MR) is 79.3 cm³/mol. The Morgan fingerprint density at radius 3 is 2.90 bits per heavy atom. The fourth-order valence-corrected chi connectivity index (χ4v) is 3.43. The summed E-state index contributed by atoms with van der Waals surface area (Å²) < 4.78 is 0. The van der Waals surface area contributed by atoms with Gasteiger partial charge in [-0.1, -0.05) is 25.5 Å². The van der Waals surface area contributed by atoms with Crippen molar-refractivity contribution in [3.8, 4) is 0 Å². The first-order valence-electron chi connectivity index (χ1n) is 6.85. The Kier molecular flexibility index (Phi) is 3.53. The number of hydrogen-bond donors (Lipinski definition) is 0. The standard InChI is InChI=1S/C15H16N2O2S/c1-10(12-6-3-7-13(8-12)17(18)19)15-16-14(9-20-15)11-4-2-5-11/h3,6-11H,2,4-5H2,1H3. The van der Waals surface area contributed by atoms with Crippen molar-refractivity contribution in [3.05, 3.63) is 56.0 Å². The van der Waals surface area contributed by atoms with E-state index in [1.165, 1.54) is 31.0 Å². The highest BCUT2D eigenvalue weighted by Crippen LogP contribution is 2.38. The van der Waals surface area contributed by atoms with E-state index in [1.807, 2.05) is 6.07 Å². The van der Waals surface area contributed by atoms with E-state index in [0.29, 0.717) is 5.92 Å². The van der Waals surface area contributed by atoms with E-state index in [1.54, 1.807) is 23.5 Å². The Balaban J connectivity index is 1.84. The van der Waals surface area contributed by atoms with Gasteiger partial charge < -0.3 is 0 Å². The molecule has 0 aliphatic heterocycles.